The van der Waals surface area contributed by atoms with Crippen molar-refractivity contribution >= 4 is 22.8 Å². The van der Waals surface area contributed by atoms with Gasteiger partial charge in [-0.3, -0.25) is 4.79 Å². The Hall–Kier alpha value is -2.37. The molecule has 0 saturated carbocycles. The number of aromatic amines is 1. The molecular formula is C17H23N5O. The minimum Gasteiger partial charge on any atom is -0.365 e. The molecule has 0 aromatic carbocycles. The standard InChI is InChI=1S/C17H23N5O/c1-4-15(23)22-9-12(5-6-14(22)11(2)3)21-17-13-7-8-18-16(13)19-10-20-17/h4,7-8,10-12,14H,1,5-6,9H2,2-3H3,(H2,18,19,20,21)/t12-,14?/m0/s1. The number of likely N-dealkylation sites (tertiary alicyclic amines) is 1. The second kappa shape index (κ2) is 6.40. The molecular weight excluding hydrogens is 290 g/mol. The smallest absolute Gasteiger partial charge is 0.246 e. The highest BCUT2D eigenvalue weighted by molar-refractivity contribution is 5.88. The van der Waals surface area contributed by atoms with E-state index in [1.807, 2.05) is 17.2 Å². The van der Waals surface area contributed by atoms with Crippen molar-refractivity contribution < 1.29 is 4.79 Å². The van der Waals surface area contributed by atoms with E-state index in [0.717, 1.165) is 29.7 Å². The molecule has 2 N–H and O–H groups in total. The third kappa shape index (κ3) is 3.06. The van der Waals surface area contributed by atoms with Crippen molar-refractivity contribution in [3.8, 4) is 0 Å². The van der Waals surface area contributed by atoms with E-state index in [0.29, 0.717) is 12.5 Å². The van der Waals surface area contributed by atoms with Gasteiger partial charge in [-0.15, -0.1) is 0 Å². The number of piperidine rings is 1. The van der Waals surface area contributed by atoms with Gasteiger partial charge >= 0.3 is 0 Å². The fourth-order valence-corrected chi connectivity index (χ4v) is 3.35. The number of nitrogens with zero attached hydrogens (tertiary/aromatic N) is 3. The Morgan fingerprint density at radius 3 is 3.04 bits per heavy atom. The van der Waals surface area contributed by atoms with Gasteiger partial charge in [-0.05, 0) is 30.9 Å². The number of nitrogens with one attached hydrogen (secondary N) is 2. The van der Waals surface area contributed by atoms with Crippen molar-refractivity contribution in [1.82, 2.24) is 19.9 Å². The van der Waals surface area contributed by atoms with Gasteiger partial charge in [0, 0.05) is 24.8 Å². The van der Waals surface area contributed by atoms with Gasteiger partial charge in [0.25, 0.3) is 0 Å². The van der Waals surface area contributed by atoms with Crippen molar-refractivity contribution in [2.45, 2.75) is 38.8 Å². The van der Waals surface area contributed by atoms with Crippen LogP contribution >= 0.6 is 0 Å². The van der Waals surface area contributed by atoms with Crippen LogP contribution in [0.3, 0.4) is 0 Å². The molecule has 1 unspecified atom stereocenters. The molecule has 3 heterocycles. The molecule has 0 bridgehead atoms. The second-order valence-electron chi connectivity index (χ2n) is 6.39. The SMILES string of the molecule is C=CC(=O)N1C[C@@H](Nc2ncnc3[nH]ccc23)CCC1C(C)C. The summed E-state index contributed by atoms with van der Waals surface area (Å²) in [4.78, 5) is 25.8. The Kier molecular flexibility index (Phi) is 4.32. The summed E-state index contributed by atoms with van der Waals surface area (Å²) in [5.41, 5.74) is 0.817. The largest absolute Gasteiger partial charge is 0.365 e. The predicted octanol–water partition coefficient (Wildman–Crippen LogP) is 2.57. The Bertz CT molecular complexity index is 708. The number of H-pyrrole nitrogens is 1. The van der Waals surface area contributed by atoms with Gasteiger partial charge in [-0.1, -0.05) is 20.4 Å². The molecule has 1 amide bonds. The van der Waals surface area contributed by atoms with E-state index in [1.165, 1.54) is 6.08 Å². The Balaban J connectivity index is 1.78. The monoisotopic (exact) mass is 313 g/mol. The molecule has 1 fully saturated rings. The van der Waals surface area contributed by atoms with Crippen LogP contribution in [0, 0.1) is 5.92 Å². The zero-order chi connectivity index (χ0) is 16.4. The lowest BCUT2D eigenvalue weighted by atomic mass is 9.90. The van der Waals surface area contributed by atoms with Crippen LogP contribution in [0.1, 0.15) is 26.7 Å². The summed E-state index contributed by atoms with van der Waals surface area (Å²) in [6.07, 6.45) is 6.81. The van der Waals surface area contributed by atoms with Gasteiger partial charge < -0.3 is 15.2 Å². The van der Waals surface area contributed by atoms with E-state index in [4.69, 9.17) is 0 Å². The molecule has 0 radical (unpaired) electrons. The molecule has 1 aliphatic heterocycles. The molecule has 6 heteroatoms. The van der Waals surface area contributed by atoms with Crippen molar-refractivity contribution in [2.24, 2.45) is 5.92 Å². The lowest BCUT2D eigenvalue weighted by Crippen LogP contribution is -2.52. The first kappa shape index (κ1) is 15.5. The van der Waals surface area contributed by atoms with E-state index in [9.17, 15) is 4.79 Å². The Labute approximate surface area is 136 Å². The lowest BCUT2D eigenvalue weighted by Gasteiger charge is -2.41. The maximum atomic E-state index is 12.2. The second-order valence-corrected chi connectivity index (χ2v) is 6.39. The first-order valence-corrected chi connectivity index (χ1v) is 8.07. The summed E-state index contributed by atoms with van der Waals surface area (Å²) in [5, 5.41) is 4.45. The summed E-state index contributed by atoms with van der Waals surface area (Å²) in [6.45, 7) is 8.63. The van der Waals surface area contributed by atoms with Crippen LogP contribution in [0.4, 0.5) is 5.82 Å². The highest BCUT2D eigenvalue weighted by Gasteiger charge is 2.32. The number of hydrogen-bond acceptors (Lipinski definition) is 4. The highest BCUT2D eigenvalue weighted by atomic mass is 16.2. The molecule has 1 saturated heterocycles. The predicted molar refractivity (Wildman–Crippen MR) is 91.1 cm³/mol. The van der Waals surface area contributed by atoms with Crippen molar-refractivity contribution in [2.75, 3.05) is 11.9 Å². The summed E-state index contributed by atoms with van der Waals surface area (Å²) in [6, 6.07) is 2.42. The van der Waals surface area contributed by atoms with Gasteiger partial charge in [0.15, 0.2) is 0 Å². The number of hydrogen-bond donors (Lipinski definition) is 2. The van der Waals surface area contributed by atoms with Crippen molar-refractivity contribution in [1.29, 1.82) is 0 Å². The van der Waals surface area contributed by atoms with Gasteiger partial charge in [-0.2, -0.15) is 0 Å². The minimum atomic E-state index is 0.00433. The zero-order valence-electron chi connectivity index (χ0n) is 13.6. The third-order valence-electron chi connectivity index (χ3n) is 4.55. The number of anilines is 1. The molecule has 122 valence electrons. The number of carbonyl (C=O) groups is 1. The van der Waals surface area contributed by atoms with Crippen molar-refractivity contribution in [3.05, 3.63) is 31.2 Å². The summed E-state index contributed by atoms with van der Waals surface area (Å²) in [5.74, 6) is 1.26. The molecule has 2 atom stereocenters. The van der Waals surface area contributed by atoms with Crippen LogP contribution in [0.25, 0.3) is 11.0 Å². The molecule has 6 nitrogen and oxygen atoms in total. The van der Waals surface area contributed by atoms with E-state index in [2.05, 4.69) is 40.7 Å². The van der Waals surface area contributed by atoms with Crippen molar-refractivity contribution in [3.63, 3.8) is 0 Å². The number of fused-ring (bicyclic) bond motifs is 1. The van der Waals surface area contributed by atoms with Crippen LogP contribution in [0.5, 0.6) is 0 Å². The molecule has 1 aliphatic rings. The van der Waals surface area contributed by atoms with E-state index >= 15 is 0 Å². The van der Waals surface area contributed by atoms with Gasteiger partial charge in [0.2, 0.25) is 5.91 Å². The van der Waals surface area contributed by atoms with E-state index in [-0.39, 0.29) is 18.0 Å². The number of carbonyl (C=O) groups excluding carboxylic acids is 1. The first-order chi connectivity index (χ1) is 11.1. The van der Waals surface area contributed by atoms with Crippen LogP contribution in [0.15, 0.2) is 31.2 Å². The highest BCUT2D eigenvalue weighted by Crippen LogP contribution is 2.27. The Morgan fingerprint density at radius 1 is 1.48 bits per heavy atom. The summed E-state index contributed by atoms with van der Waals surface area (Å²) >= 11 is 0. The van der Waals surface area contributed by atoms with Gasteiger partial charge in [0.1, 0.15) is 17.8 Å². The van der Waals surface area contributed by atoms with Crippen LogP contribution in [0.2, 0.25) is 0 Å². The van der Waals surface area contributed by atoms with Crippen LogP contribution < -0.4 is 5.32 Å². The quantitative estimate of drug-likeness (QED) is 0.851. The van der Waals surface area contributed by atoms with E-state index in [1.54, 1.807) is 6.33 Å². The fraction of sp³-hybridized carbons (Fsp3) is 0.471. The average Bonchev–Trinajstić information content (AvgIpc) is 3.03. The summed E-state index contributed by atoms with van der Waals surface area (Å²) < 4.78 is 0. The van der Waals surface area contributed by atoms with Crippen LogP contribution in [-0.4, -0.2) is 44.4 Å². The molecule has 2 aromatic heterocycles. The number of amides is 1. The normalized spacial score (nSPS) is 21.6. The molecule has 3 rings (SSSR count). The molecule has 23 heavy (non-hydrogen) atoms. The number of rotatable bonds is 4. The fourth-order valence-electron chi connectivity index (χ4n) is 3.35. The van der Waals surface area contributed by atoms with Gasteiger partial charge in [0.05, 0.1) is 5.39 Å². The maximum Gasteiger partial charge on any atom is 0.246 e. The number of aromatic nitrogens is 3. The Morgan fingerprint density at radius 2 is 2.30 bits per heavy atom. The zero-order valence-corrected chi connectivity index (χ0v) is 13.6. The minimum absolute atomic E-state index is 0.00433. The maximum absolute atomic E-state index is 12.2. The third-order valence-corrected chi connectivity index (χ3v) is 4.55. The first-order valence-electron chi connectivity index (χ1n) is 8.07. The van der Waals surface area contributed by atoms with E-state index < -0.39 is 0 Å². The topological polar surface area (TPSA) is 73.9 Å². The molecule has 0 spiro atoms. The summed E-state index contributed by atoms with van der Waals surface area (Å²) in [7, 11) is 0. The molecule has 0 aliphatic carbocycles. The lowest BCUT2D eigenvalue weighted by molar-refractivity contribution is -0.130. The molecule has 2 aromatic rings. The van der Waals surface area contributed by atoms with Crippen LogP contribution in [-0.2, 0) is 4.79 Å². The average molecular weight is 313 g/mol. The van der Waals surface area contributed by atoms with Gasteiger partial charge in [-0.25, -0.2) is 9.97 Å².